The summed E-state index contributed by atoms with van der Waals surface area (Å²) in [5.41, 5.74) is -1.35. The molecule has 0 saturated heterocycles. The molecule has 0 spiro atoms. The van der Waals surface area contributed by atoms with Crippen molar-refractivity contribution in [3.05, 3.63) is 29.6 Å². The van der Waals surface area contributed by atoms with Crippen LogP contribution < -0.4 is 4.74 Å². The fraction of sp³-hybridized carbons (Fsp3) is 0.750. The summed E-state index contributed by atoms with van der Waals surface area (Å²) in [5, 5.41) is 0. The van der Waals surface area contributed by atoms with Gasteiger partial charge in [-0.2, -0.15) is 13.2 Å². The molecule has 1 aromatic rings. The van der Waals surface area contributed by atoms with E-state index in [9.17, 15) is 22.4 Å². The third kappa shape index (κ3) is 6.15. The van der Waals surface area contributed by atoms with Crippen molar-refractivity contribution in [2.75, 3.05) is 0 Å². The standard InChI is InChI=1S/C28H38F4O2/c1-2-3-4-18-5-6-23-16-22(12-11-21(23)15-18)19-7-9-20(10-8-19)27(33)34-24-13-14-25(26(29)17-24)28(30,31)32/h13-14,17-23H,2-12,15-16H2,1H3. The van der Waals surface area contributed by atoms with Crippen LogP contribution in [-0.2, 0) is 11.0 Å². The third-order valence-corrected chi connectivity index (χ3v) is 8.96. The molecule has 3 aliphatic carbocycles. The van der Waals surface area contributed by atoms with Crippen molar-refractivity contribution in [2.45, 2.75) is 96.6 Å². The molecule has 2 nitrogen and oxygen atoms in total. The van der Waals surface area contributed by atoms with Crippen molar-refractivity contribution >= 4 is 5.97 Å². The van der Waals surface area contributed by atoms with Gasteiger partial charge >= 0.3 is 12.1 Å². The summed E-state index contributed by atoms with van der Waals surface area (Å²) in [7, 11) is 0. The van der Waals surface area contributed by atoms with Crippen LogP contribution in [0.2, 0.25) is 0 Å². The lowest BCUT2D eigenvalue weighted by molar-refractivity contribution is -0.140. The number of unbranched alkanes of at least 4 members (excludes halogenated alkanes) is 1. The lowest BCUT2D eigenvalue weighted by Crippen LogP contribution is -2.35. The summed E-state index contributed by atoms with van der Waals surface area (Å²) in [4.78, 5) is 12.6. The molecule has 0 aromatic heterocycles. The Hall–Kier alpha value is -1.59. The first-order valence-corrected chi connectivity index (χ1v) is 13.3. The SMILES string of the molecule is CCCCC1CCC2CC(C3CCC(C(=O)Oc4ccc(C(F)(F)F)c(F)c4)CC3)CCC2C1. The molecule has 0 amide bonds. The zero-order chi connectivity index (χ0) is 24.3. The van der Waals surface area contributed by atoms with E-state index in [0.29, 0.717) is 18.1 Å². The van der Waals surface area contributed by atoms with E-state index in [1.165, 1.54) is 57.8 Å². The molecule has 34 heavy (non-hydrogen) atoms. The molecule has 3 aliphatic rings. The quantitative estimate of drug-likeness (QED) is 0.231. The summed E-state index contributed by atoms with van der Waals surface area (Å²) in [5.74, 6) is 1.87. The Morgan fingerprint density at radius 2 is 1.53 bits per heavy atom. The molecule has 0 N–H and O–H groups in total. The van der Waals surface area contributed by atoms with Gasteiger partial charge in [0.25, 0.3) is 0 Å². The first-order valence-electron chi connectivity index (χ1n) is 13.3. The highest BCUT2D eigenvalue weighted by Crippen LogP contribution is 2.49. The van der Waals surface area contributed by atoms with Crippen molar-refractivity contribution in [1.82, 2.24) is 0 Å². The van der Waals surface area contributed by atoms with Crippen LogP contribution in [0.25, 0.3) is 0 Å². The third-order valence-electron chi connectivity index (χ3n) is 8.96. The number of carbonyl (C=O) groups excluding carboxylic acids is 1. The number of esters is 1. The second kappa shape index (κ2) is 11.0. The van der Waals surface area contributed by atoms with Gasteiger partial charge < -0.3 is 4.74 Å². The van der Waals surface area contributed by atoms with Gasteiger partial charge in [-0.1, -0.05) is 32.6 Å². The van der Waals surface area contributed by atoms with Crippen LogP contribution in [-0.4, -0.2) is 5.97 Å². The fourth-order valence-electron chi connectivity index (χ4n) is 7.02. The summed E-state index contributed by atoms with van der Waals surface area (Å²) < 4.78 is 57.2. The van der Waals surface area contributed by atoms with Gasteiger partial charge in [-0.05, 0) is 99.5 Å². The smallest absolute Gasteiger partial charge is 0.419 e. The molecule has 0 bridgehead atoms. The van der Waals surface area contributed by atoms with Gasteiger partial charge in [-0.15, -0.1) is 0 Å². The molecular weight excluding hydrogens is 444 g/mol. The summed E-state index contributed by atoms with van der Waals surface area (Å²) in [6.45, 7) is 2.28. The second-order valence-electron chi connectivity index (χ2n) is 11.1. The molecule has 3 saturated carbocycles. The van der Waals surface area contributed by atoms with Crippen LogP contribution in [0.4, 0.5) is 17.6 Å². The minimum Gasteiger partial charge on any atom is -0.426 e. The van der Waals surface area contributed by atoms with E-state index < -0.39 is 23.5 Å². The van der Waals surface area contributed by atoms with Gasteiger partial charge in [0.1, 0.15) is 11.6 Å². The number of ether oxygens (including phenoxy) is 1. The van der Waals surface area contributed by atoms with Crippen molar-refractivity contribution in [1.29, 1.82) is 0 Å². The fourth-order valence-corrected chi connectivity index (χ4v) is 7.02. The maximum absolute atomic E-state index is 13.8. The number of hydrogen-bond donors (Lipinski definition) is 0. The van der Waals surface area contributed by atoms with Crippen LogP contribution in [0.3, 0.4) is 0 Å². The highest BCUT2D eigenvalue weighted by atomic mass is 19.4. The van der Waals surface area contributed by atoms with E-state index in [0.717, 1.165) is 55.4 Å². The number of fused-ring (bicyclic) bond motifs is 1. The van der Waals surface area contributed by atoms with Crippen molar-refractivity contribution in [2.24, 2.45) is 35.5 Å². The van der Waals surface area contributed by atoms with Gasteiger partial charge in [0.15, 0.2) is 0 Å². The lowest BCUT2D eigenvalue weighted by Gasteiger charge is -2.45. The maximum atomic E-state index is 13.8. The Bertz CT molecular complexity index is 828. The molecule has 0 heterocycles. The molecule has 4 rings (SSSR count). The molecule has 0 radical (unpaired) electrons. The van der Waals surface area contributed by atoms with Crippen LogP contribution in [0.15, 0.2) is 18.2 Å². The molecule has 4 atom stereocenters. The number of benzene rings is 1. The average molecular weight is 483 g/mol. The summed E-state index contributed by atoms with van der Waals surface area (Å²) >= 11 is 0. The molecule has 3 fully saturated rings. The first-order chi connectivity index (χ1) is 16.2. The van der Waals surface area contributed by atoms with Crippen LogP contribution in [0.1, 0.15) is 96.0 Å². The van der Waals surface area contributed by atoms with Gasteiger partial charge in [0.2, 0.25) is 0 Å². The Morgan fingerprint density at radius 3 is 2.18 bits per heavy atom. The molecule has 1 aromatic carbocycles. The van der Waals surface area contributed by atoms with Crippen LogP contribution in [0, 0.1) is 41.3 Å². The number of rotatable bonds is 6. The van der Waals surface area contributed by atoms with Gasteiger partial charge in [-0.3, -0.25) is 4.79 Å². The average Bonchev–Trinajstić information content (AvgIpc) is 2.81. The topological polar surface area (TPSA) is 26.3 Å². The highest BCUT2D eigenvalue weighted by Gasteiger charge is 2.39. The van der Waals surface area contributed by atoms with Crippen LogP contribution in [0.5, 0.6) is 5.75 Å². The minimum atomic E-state index is -4.77. The largest absolute Gasteiger partial charge is 0.426 e. The van der Waals surface area contributed by atoms with Crippen molar-refractivity contribution < 1.29 is 27.1 Å². The Balaban J connectivity index is 1.23. The van der Waals surface area contributed by atoms with Gasteiger partial charge in [0, 0.05) is 6.07 Å². The number of hydrogen-bond acceptors (Lipinski definition) is 2. The van der Waals surface area contributed by atoms with E-state index >= 15 is 0 Å². The van der Waals surface area contributed by atoms with E-state index in [4.69, 9.17) is 4.74 Å². The number of carbonyl (C=O) groups is 1. The Labute approximate surface area is 200 Å². The van der Waals surface area contributed by atoms with E-state index in [2.05, 4.69) is 6.92 Å². The van der Waals surface area contributed by atoms with Crippen LogP contribution >= 0.6 is 0 Å². The number of alkyl halides is 3. The van der Waals surface area contributed by atoms with E-state index in [1.54, 1.807) is 0 Å². The second-order valence-corrected chi connectivity index (χ2v) is 11.1. The van der Waals surface area contributed by atoms with Crippen molar-refractivity contribution in [3.63, 3.8) is 0 Å². The molecular formula is C28H38F4O2. The van der Waals surface area contributed by atoms with Gasteiger partial charge in [-0.25, -0.2) is 4.39 Å². The molecule has 0 aliphatic heterocycles. The van der Waals surface area contributed by atoms with Crippen molar-refractivity contribution in [3.8, 4) is 5.75 Å². The van der Waals surface area contributed by atoms with E-state index in [-0.39, 0.29) is 11.7 Å². The monoisotopic (exact) mass is 482 g/mol. The lowest BCUT2D eigenvalue weighted by atomic mass is 9.60. The molecule has 4 unspecified atom stereocenters. The zero-order valence-corrected chi connectivity index (χ0v) is 20.2. The normalized spacial score (nSPS) is 32.1. The summed E-state index contributed by atoms with van der Waals surface area (Å²) in [6.07, 6.45) is 11.0. The molecule has 6 heteroatoms. The predicted octanol–water partition coefficient (Wildman–Crippen LogP) is 8.58. The summed E-state index contributed by atoms with van der Waals surface area (Å²) in [6, 6.07) is 2.30. The molecule has 190 valence electrons. The first kappa shape index (κ1) is 25.5. The zero-order valence-electron chi connectivity index (χ0n) is 20.2. The Morgan fingerprint density at radius 1 is 0.912 bits per heavy atom. The predicted molar refractivity (Wildman–Crippen MR) is 124 cm³/mol. The maximum Gasteiger partial charge on any atom is 0.419 e. The Kier molecular flexibility index (Phi) is 8.24. The number of halogens is 4. The van der Waals surface area contributed by atoms with Gasteiger partial charge in [0.05, 0.1) is 11.5 Å². The highest BCUT2D eigenvalue weighted by molar-refractivity contribution is 5.75. The van der Waals surface area contributed by atoms with E-state index in [1.807, 2.05) is 0 Å². The minimum absolute atomic E-state index is 0.162.